The highest BCUT2D eigenvalue weighted by Gasteiger charge is 2.75. The molecule has 4 rings (SSSR count). The molecule has 0 aliphatic carbocycles. The van der Waals surface area contributed by atoms with E-state index in [1.165, 1.54) is 11.3 Å². The van der Waals surface area contributed by atoms with E-state index < -0.39 is 25.8 Å². The number of epoxide rings is 1. The molecule has 2 saturated heterocycles. The van der Waals surface area contributed by atoms with E-state index in [0.29, 0.717) is 12.8 Å². The molecule has 0 radical (unpaired) electrons. The van der Waals surface area contributed by atoms with Gasteiger partial charge in [-0.05, 0) is 39.1 Å². The van der Waals surface area contributed by atoms with Crippen LogP contribution in [-0.2, 0) is 19.3 Å². The van der Waals surface area contributed by atoms with E-state index >= 15 is 0 Å². The number of hydrogen-bond acceptors (Lipinski definition) is 5. The van der Waals surface area contributed by atoms with Crippen molar-refractivity contribution in [3.05, 3.63) is 16.3 Å². The Morgan fingerprint density at radius 1 is 1.14 bits per heavy atom. The molecule has 0 bridgehead atoms. The second-order valence-electron chi connectivity index (χ2n) is 7.65. The van der Waals surface area contributed by atoms with Crippen molar-refractivity contribution in [2.75, 3.05) is 5.75 Å². The van der Waals surface area contributed by atoms with Gasteiger partial charge in [-0.1, -0.05) is 0 Å². The molecule has 0 aromatic carbocycles. The third-order valence-electron chi connectivity index (χ3n) is 5.35. The van der Waals surface area contributed by atoms with Gasteiger partial charge in [-0.15, -0.1) is 11.3 Å². The summed E-state index contributed by atoms with van der Waals surface area (Å²) in [5.74, 6) is 0.830. The Morgan fingerprint density at radius 2 is 1.86 bits per heavy atom. The minimum absolute atomic E-state index is 0.101. The topological polar surface area (TPSA) is 55.9 Å². The van der Waals surface area contributed by atoms with E-state index in [1.54, 1.807) is 0 Å². The van der Waals surface area contributed by atoms with Crippen LogP contribution in [0.2, 0.25) is 0 Å². The monoisotopic (exact) mass is 328 g/mol. The first kappa shape index (κ1) is 14.0. The SMILES string of the molecule is CC1(C)CC2(CC3(C)OC3(C)CS2(=O)=O)c2sccc2O1. The molecule has 1 aromatic rings. The van der Waals surface area contributed by atoms with Crippen LogP contribution in [0.5, 0.6) is 5.75 Å². The molecule has 0 N–H and O–H groups in total. The van der Waals surface area contributed by atoms with Crippen molar-refractivity contribution >= 4 is 21.2 Å². The summed E-state index contributed by atoms with van der Waals surface area (Å²) in [7, 11) is -3.30. The third-order valence-corrected chi connectivity index (χ3v) is 9.20. The van der Waals surface area contributed by atoms with Crippen LogP contribution in [0.3, 0.4) is 0 Å². The van der Waals surface area contributed by atoms with Gasteiger partial charge in [0.15, 0.2) is 9.84 Å². The van der Waals surface area contributed by atoms with Crippen LogP contribution in [0.25, 0.3) is 0 Å². The normalized spacial score (nSPS) is 45.5. The smallest absolute Gasteiger partial charge is 0.164 e. The largest absolute Gasteiger partial charge is 0.487 e. The number of thiophene rings is 1. The third kappa shape index (κ3) is 1.61. The maximum absolute atomic E-state index is 13.2. The number of ether oxygens (including phenoxy) is 2. The average molecular weight is 328 g/mol. The highest BCUT2D eigenvalue weighted by Crippen LogP contribution is 2.65. The van der Waals surface area contributed by atoms with E-state index in [4.69, 9.17) is 9.47 Å². The van der Waals surface area contributed by atoms with Crippen molar-refractivity contribution in [2.24, 2.45) is 0 Å². The molecule has 3 aliphatic heterocycles. The molecule has 3 unspecified atom stereocenters. The van der Waals surface area contributed by atoms with Crippen LogP contribution >= 0.6 is 11.3 Å². The fourth-order valence-electron chi connectivity index (χ4n) is 4.24. The maximum atomic E-state index is 13.2. The Bertz CT molecular complexity index is 735. The molecule has 3 aliphatic rings. The maximum Gasteiger partial charge on any atom is 0.164 e. The first-order valence-electron chi connectivity index (χ1n) is 7.22. The van der Waals surface area contributed by atoms with E-state index in [9.17, 15) is 8.42 Å². The highest BCUT2D eigenvalue weighted by molar-refractivity contribution is 7.92. The average Bonchev–Trinajstić information content (AvgIpc) is 2.68. The van der Waals surface area contributed by atoms with Crippen molar-refractivity contribution in [2.45, 2.75) is 62.1 Å². The Labute approximate surface area is 129 Å². The summed E-state index contributed by atoms with van der Waals surface area (Å²) in [6.45, 7) is 7.89. The zero-order chi connectivity index (χ0) is 15.3. The molecule has 6 heteroatoms. The minimum Gasteiger partial charge on any atom is -0.487 e. The molecule has 0 amide bonds. The Morgan fingerprint density at radius 3 is 2.57 bits per heavy atom. The Balaban J connectivity index is 1.95. The summed E-state index contributed by atoms with van der Waals surface area (Å²) in [6, 6.07) is 1.89. The first-order chi connectivity index (χ1) is 9.53. The van der Waals surface area contributed by atoms with Crippen molar-refractivity contribution in [3.8, 4) is 5.75 Å². The molecular formula is C15H20O4S2. The fourth-order valence-corrected chi connectivity index (χ4v) is 8.49. The number of sulfone groups is 1. The fraction of sp³-hybridized carbons (Fsp3) is 0.733. The summed E-state index contributed by atoms with van der Waals surface area (Å²) in [6.07, 6.45) is 1.02. The molecule has 4 heterocycles. The second kappa shape index (κ2) is 3.49. The molecule has 1 spiro atoms. The van der Waals surface area contributed by atoms with Crippen LogP contribution in [0.4, 0.5) is 0 Å². The molecule has 2 fully saturated rings. The van der Waals surface area contributed by atoms with Gasteiger partial charge in [0.2, 0.25) is 0 Å². The van der Waals surface area contributed by atoms with Gasteiger partial charge in [0, 0.05) is 12.8 Å². The zero-order valence-corrected chi connectivity index (χ0v) is 14.4. The first-order valence-corrected chi connectivity index (χ1v) is 9.75. The lowest BCUT2D eigenvalue weighted by Crippen LogP contribution is -2.55. The van der Waals surface area contributed by atoms with Crippen LogP contribution < -0.4 is 4.74 Å². The summed E-state index contributed by atoms with van der Waals surface area (Å²) in [4.78, 5) is 0.862. The summed E-state index contributed by atoms with van der Waals surface area (Å²) in [5, 5.41) is 1.92. The number of rotatable bonds is 0. The van der Waals surface area contributed by atoms with E-state index in [0.717, 1.165) is 10.6 Å². The number of hydrogen-bond donors (Lipinski definition) is 0. The zero-order valence-electron chi connectivity index (χ0n) is 12.7. The molecule has 1 aromatic heterocycles. The van der Waals surface area contributed by atoms with Crippen LogP contribution in [0.1, 0.15) is 45.4 Å². The summed E-state index contributed by atoms with van der Waals surface area (Å²) >= 11 is 1.49. The van der Waals surface area contributed by atoms with Gasteiger partial charge in [0.05, 0.1) is 16.2 Å². The molecule has 0 saturated carbocycles. The molecule has 4 nitrogen and oxygen atoms in total. The van der Waals surface area contributed by atoms with Crippen molar-refractivity contribution in [1.82, 2.24) is 0 Å². The predicted molar refractivity (Wildman–Crippen MR) is 81.6 cm³/mol. The van der Waals surface area contributed by atoms with Crippen LogP contribution in [-0.4, -0.2) is 31.0 Å². The van der Waals surface area contributed by atoms with Gasteiger partial charge in [0.25, 0.3) is 0 Å². The van der Waals surface area contributed by atoms with Crippen LogP contribution in [0.15, 0.2) is 11.4 Å². The highest BCUT2D eigenvalue weighted by atomic mass is 32.2. The van der Waals surface area contributed by atoms with Crippen molar-refractivity contribution in [1.29, 1.82) is 0 Å². The molecule has 116 valence electrons. The molecule has 21 heavy (non-hydrogen) atoms. The standard InChI is InChI=1S/C15H20O4S2/c1-12(2)7-15(11-10(18-12)5-6-20-11)8-13(3)14(4,19-13)9-21(15,16)17/h5-6H,7-9H2,1-4H3. The van der Waals surface area contributed by atoms with Gasteiger partial charge in [-0.3, -0.25) is 0 Å². The van der Waals surface area contributed by atoms with Gasteiger partial charge in [-0.25, -0.2) is 8.42 Å². The molecular weight excluding hydrogens is 308 g/mol. The number of fused-ring (bicyclic) bond motifs is 3. The summed E-state index contributed by atoms with van der Waals surface area (Å²) in [5.41, 5.74) is -1.34. The van der Waals surface area contributed by atoms with E-state index in [1.807, 2.05) is 39.1 Å². The van der Waals surface area contributed by atoms with Gasteiger partial charge >= 0.3 is 0 Å². The minimum atomic E-state index is -3.30. The van der Waals surface area contributed by atoms with Crippen LogP contribution in [0, 0.1) is 0 Å². The van der Waals surface area contributed by atoms with Crippen molar-refractivity contribution in [3.63, 3.8) is 0 Å². The van der Waals surface area contributed by atoms with Gasteiger partial charge in [0.1, 0.15) is 21.7 Å². The summed E-state index contributed by atoms with van der Waals surface area (Å²) < 4.78 is 37.3. The molecule has 3 atom stereocenters. The van der Waals surface area contributed by atoms with Gasteiger partial charge < -0.3 is 9.47 Å². The van der Waals surface area contributed by atoms with Crippen molar-refractivity contribution < 1.29 is 17.9 Å². The van der Waals surface area contributed by atoms with E-state index in [-0.39, 0.29) is 11.4 Å². The predicted octanol–water partition coefficient (Wildman–Crippen LogP) is 2.87. The quantitative estimate of drug-likeness (QED) is 0.687. The lowest BCUT2D eigenvalue weighted by Gasteiger charge is -2.46. The Hall–Kier alpha value is -0.590. The van der Waals surface area contributed by atoms with E-state index in [2.05, 4.69) is 0 Å². The lowest BCUT2D eigenvalue weighted by atomic mass is 9.79. The Kier molecular flexibility index (Phi) is 2.33. The second-order valence-corrected chi connectivity index (χ2v) is 10.9. The van der Waals surface area contributed by atoms with Gasteiger partial charge in [-0.2, -0.15) is 0 Å². The lowest BCUT2D eigenvalue weighted by molar-refractivity contribution is 0.0579.